The molecule has 1 heterocycles. The molecule has 4 aromatic rings. The first-order chi connectivity index (χ1) is 15.2. The van der Waals surface area contributed by atoms with Crippen LogP contribution in [0.3, 0.4) is 0 Å². The zero-order valence-electron chi connectivity index (χ0n) is 16.9. The number of carbonyl (C=O) groups excluding carboxylic acids is 1. The van der Waals surface area contributed by atoms with E-state index in [1.165, 1.54) is 48.5 Å². The van der Waals surface area contributed by atoms with E-state index in [9.17, 15) is 22.4 Å². The largest absolute Gasteiger partial charge is 0.348 e. The average molecular weight is 454 g/mol. The lowest BCUT2D eigenvalue weighted by atomic mass is 10.1. The molecule has 1 aromatic heterocycles. The fourth-order valence-electron chi connectivity index (χ4n) is 3.11. The first-order valence-corrected chi connectivity index (χ1v) is 11.1. The molecule has 0 radical (unpaired) electrons. The molecule has 4 rings (SSSR count). The van der Waals surface area contributed by atoms with E-state index in [2.05, 4.69) is 20.0 Å². The molecular weight excluding hydrogens is 435 g/mol. The summed E-state index contributed by atoms with van der Waals surface area (Å²) in [5.74, 6) is -0.711. The standard InChI is InChI=1S/C22H19FN4O4S/c1-13-2-3-14(10-18(13)23)12-24-21(28)15-4-6-16(7-5-15)27-32(30,31)17-8-9-19-20(11-17)26-22(29)25-19/h2-11,27H,12H2,1H3,(H,24,28)(H2,25,26,29). The Kier molecular flexibility index (Phi) is 5.54. The van der Waals surface area contributed by atoms with Crippen LogP contribution in [-0.4, -0.2) is 24.3 Å². The Hall–Kier alpha value is -3.92. The number of H-pyrrole nitrogens is 2. The molecule has 0 unspecified atom stereocenters. The van der Waals surface area contributed by atoms with Crippen LogP contribution in [0.2, 0.25) is 0 Å². The van der Waals surface area contributed by atoms with Crippen LogP contribution >= 0.6 is 0 Å². The van der Waals surface area contributed by atoms with Gasteiger partial charge in [-0.25, -0.2) is 17.6 Å². The molecule has 0 spiro atoms. The maximum Gasteiger partial charge on any atom is 0.323 e. The number of amides is 1. The molecule has 164 valence electrons. The third-order valence-corrected chi connectivity index (χ3v) is 6.27. The summed E-state index contributed by atoms with van der Waals surface area (Å²) in [7, 11) is -3.90. The molecular formula is C22H19FN4O4S. The molecule has 0 aliphatic heterocycles. The zero-order chi connectivity index (χ0) is 22.9. The van der Waals surface area contributed by atoms with Crippen molar-refractivity contribution in [2.45, 2.75) is 18.4 Å². The second-order valence-electron chi connectivity index (χ2n) is 7.24. The first kappa shape index (κ1) is 21.3. The van der Waals surface area contributed by atoms with Gasteiger partial charge in [-0.3, -0.25) is 9.52 Å². The van der Waals surface area contributed by atoms with Crippen LogP contribution in [0.5, 0.6) is 0 Å². The number of imidazole rings is 1. The number of aryl methyl sites for hydroxylation is 1. The number of hydrogen-bond acceptors (Lipinski definition) is 4. The number of rotatable bonds is 6. The molecule has 4 N–H and O–H groups in total. The summed E-state index contributed by atoms with van der Waals surface area (Å²) in [4.78, 5) is 28.7. The molecule has 0 saturated carbocycles. The SMILES string of the molecule is Cc1ccc(CNC(=O)c2ccc(NS(=O)(=O)c3ccc4[nH]c(=O)[nH]c4c3)cc2)cc1F. The smallest absolute Gasteiger partial charge is 0.323 e. The molecule has 3 aromatic carbocycles. The number of aromatic amines is 2. The third kappa shape index (κ3) is 4.54. The number of sulfonamides is 1. The van der Waals surface area contributed by atoms with Crippen LogP contribution in [-0.2, 0) is 16.6 Å². The van der Waals surface area contributed by atoms with Gasteiger partial charge in [-0.05, 0) is 66.6 Å². The maximum atomic E-state index is 13.6. The van der Waals surface area contributed by atoms with Crippen molar-refractivity contribution < 1.29 is 17.6 Å². The molecule has 32 heavy (non-hydrogen) atoms. The highest BCUT2D eigenvalue weighted by Crippen LogP contribution is 2.19. The molecule has 0 fully saturated rings. The monoisotopic (exact) mass is 454 g/mol. The predicted octanol–water partition coefficient (Wildman–Crippen LogP) is 3.03. The summed E-state index contributed by atoms with van der Waals surface area (Å²) < 4.78 is 41.4. The van der Waals surface area contributed by atoms with Crippen molar-refractivity contribution in [2.75, 3.05) is 4.72 Å². The van der Waals surface area contributed by atoms with Crippen LogP contribution in [0.25, 0.3) is 11.0 Å². The van der Waals surface area contributed by atoms with E-state index >= 15 is 0 Å². The fraction of sp³-hybridized carbons (Fsp3) is 0.0909. The Morgan fingerprint density at radius 3 is 2.41 bits per heavy atom. The molecule has 0 atom stereocenters. The van der Waals surface area contributed by atoms with E-state index in [4.69, 9.17) is 0 Å². The zero-order valence-corrected chi connectivity index (χ0v) is 17.7. The Balaban J connectivity index is 1.43. The number of benzene rings is 3. The lowest BCUT2D eigenvalue weighted by Gasteiger charge is -2.10. The lowest BCUT2D eigenvalue weighted by molar-refractivity contribution is 0.0951. The van der Waals surface area contributed by atoms with Crippen LogP contribution in [0.15, 0.2) is 70.4 Å². The van der Waals surface area contributed by atoms with Gasteiger partial charge in [0.2, 0.25) is 0 Å². The number of aromatic nitrogens is 2. The van der Waals surface area contributed by atoms with Gasteiger partial charge in [0.1, 0.15) is 5.82 Å². The number of anilines is 1. The average Bonchev–Trinajstić information content (AvgIpc) is 3.14. The highest BCUT2D eigenvalue weighted by Gasteiger charge is 2.16. The minimum Gasteiger partial charge on any atom is -0.348 e. The summed E-state index contributed by atoms with van der Waals surface area (Å²) in [5.41, 5.74) is 2.20. The minimum atomic E-state index is -3.90. The number of fused-ring (bicyclic) bond motifs is 1. The van der Waals surface area contributed by atoms with Gasteiger partial charge in [0.05, 0.1) is 15.9 Å². The van der Waals surface area contributed by atoms with Crippen molar-refractivity contribution in [3.63, 3.8) is 0 Å². The summed E-state index contributed by atoms with van der Waals surface area (Å²) in [5, 5.41) is 2.70. The molecule has 0 bridgehead atoms. The van der Waals surface area contributed by atoms with Crippen molar-refractivity contribution in [3.8, 4) is 0 Å². The third-order valence-electron chi connectivity index (χ3n) is 4.89. The van der Waals surface area contributed by atoms with Gasteiger partial charge in [0.25, 0.3) is 15.9 Å². The van der Waals surface area contributed by atoms with Crippen molar-refractivity contribution in [1.29, 1.82) is 0 Å². The van der Waals surface area contributed by atoms with E-state index in [-0.39, 0.29) is 28.9 Å². The number of hydrogen-bond donors (Lipinski definition) is 4. The van der Waals surface area contributed by atoms with Crippen molar-refractivity contribution in [1.82, 2.24) is 15.3 Å². The van der Waals surface area contributed by atoms with Gasteiger partial charge in [-0.2, -0.15) is 0 Å². The van der Waals surface area contributed by atoms with Crippen molar-refractivity contribution in [2.24, 2.45) is 0 Å². The number of halogens is 1. The first-order valence-electron chi connectivity index (χ1n) is 9.59. The highest BCUT2D eigenvalue weighted by atomic mass is 32.2. The lowest BCUT2D eigenvalue weighted by Crippen LogP contribution is -2.22. The summed E-state index contributed by atoms with van der Waals surface area (Å²) in [6.45, 7) is 1.82. The van der Waals surface area contributed by atoms with Gasteiger partial charge < -0.3 is 15.3 Å². The topological polar surface area (TPSA) is 124 Å². The van der Waals surface area contributed by atoms with E-state index in [1.807, 2.05) is 0 Å². The number of nitrogens with one attached hydrogen (secondary N) is 4. The second kappa shape index (κ2) is 8.31. The van der Waals surface area contributed by atoms with Crippen LogP contribution in [0.4, 0.5) is 10.1 Å². The molecule has 0 aliphatic rings. The van der Waals surface area contributed by atoms with E-state index in [1.54, 1.807) is 19.1 Å². The quantitative estimate of drug-likeness (QED) is 0.357. The minimum absolute atomic E-state index is 0.0209. The molecule has 1 amide bonds. The Labute approximate surface area is 182 Å². The molecule has 0 aliphatic carbocycles. The van der Waals surface area contributed by atoms with Gasteiger partial charge in [0, 0.05) is 17.8 Å². The number of carbonyl (C=O) groups is 1. The van der Waals surface area contributed by atoms with E-state index in [0.717, 1.165) is 0 Å². The Morgan fingerprint density at radius 1 is 0.969 bits per heavy atom. The predicted molar refractivity (Wildman–Crippen MR) is 118 cm³/mol. The molecule has 8 nitrogen and oxygen atoms in total. The van der Waals surface area contributed by atoms with Gasteiger partial charge >= 0.3 is 5.69 Å². The van der Waals surface area contributed by atoms with E-state index < -0.39 is 15.7 Å². The normalized spacial score (nSPS) is 11.4. The summed E-state index contributed by atoms with van der Waals surface area (Å²) in [6.07, 6.45) is 0. The molecule has 10 heteroatoms. The van der Waals surface area contributed by atoms with Gasteiger partial charge in [0.15, 0.2) is 0 Å². The fourth-order valence-corrected chi connectivity index (χ4v) is 4.20. The van der Waals surface area contributed by atoms with E-state index in [0.29, 0.717) is 27.7 Å². The highest BCUT2D eigenvalue weighted by molar-refractivity contribution is 7.92. The maximum absolute atomic E-state index is 13.6. The Morgan fingerprint density at radius 2 is 1.69 bits per heavy atom. The summed E-state index contributed by atoms with van der Waals surface area (Å²) in [6, 6.07) is 14.9. The van der Waals surface area contributed by atoms with Crippen LogP contribution < -0.4 is 15.7 Å². The van der Waals surface area contributed by atoms with Gasteiger partial charge in [-0.1, -0.05) is 12.1 Å². The second-order valence-corrected chi connectivity index (χ2v) is 8.92. The Bertz CT molecular complexity index is 1470. The van der Waals surface area contributed by atoms with Crippen molar-refractivity contribution in [3.05, 3.63) is 93.7 Å². The van der Waals surface area contributed by atoms with Crippen LogP contribution in [0, 0.1) is 12.7 Å². The van der Waals surface area contributed by atoms with Crippen molar-refractivity contribution >= 4 is 32.7 Å². The molecule has 0 saturated heterocycles. The summed E-state index contributed by atoms with van der Waals surface area (Å²) >= 11 is 0. The van der Waals surface area contributed by atoms with Crippen LogP contribution in [0.1, 0.15) is 21.5 Å². The van der Waals surface area contributed by atoms with Gasteiger partial charge in [-0.15, -0.1) is 0 Å².